The third-order valence-corrected chi connectivity index (χ3v) is 5.92. The highest BCUT2D eigenvalue weighted by Crippen LogP contribution is 2.38. The van der Waals surface area contributed by atoms with E-state index >= 15 is 0 Å². The van der Waals surface area contributed by atoms with Crippen LogP contribution in [0.25, 0.3) is 0 Å². The molecule has 134 valence electrons. The lowest BCUT2D eigenvalue weighted by atomic mass is 9.81. The molecule has 2 saturated heterocycles. The van der Waals surface area contributed by atoms with Crippen molar-refractivity contribution in [3.8, 4) is 0 Å². The Kier molecular flexibility index (Phi) is 5.70. The minimum atomic E-state index is -0.217. The number of nitrogens with zero attached hydrogens (tertiary/aromatic N) is 1. The number of anilines is 1. The quantitative estimate of drug-likeness (QED) is 0.823. The van der Waals surface area contributed by atoms with Crippen LogP contribution in [0, 0.1) is 6.92 Å². The molecular formula is C19H28ClNO3. The van der Waals surface area contributed by atoms with E-state index in [-0.39, 0.29) is 17.8 Å². The highest BCUT2D eigenvalue weighted by atomic mass is 35.5. The summed E-state index contributed by atoms with van der Waals surface area (Å²) in [5.41, 5.74) is 2.09. The number of ether oxygens (including phenoxy) is 3. The summed E-state index contributed by atoms with van der Waals surface area (Å²) in [6, 6.07) is 6.27. The second-order valence-electron chi connectivity index (χ2n) is 6.95. The molecule has 24 heavy (non-hydrogen) atoms. The van der Waals surface area contributed by atoms with Crippen LogP contribution in [0.15, 0.2) is 18.2 Å². The van der Waals surface area contributed by atoms with Crippen molar-refractivity contribution >= 4 is 17.3 Å². The molecule has 2 aliphatic heterocycles. The van der Waals surface area contributed by atoms with Gasteiger partial charge in [-0.25, -0.2) is 0 Å². The van der Waals surface area contributed by atoms with E-state index in [4.69, 9.17) is 25.8 Å². The van der Waals surface area contributed by atoms with Gasteiger partial charge in [-0.05, 0) is 43.9 Å². The molecule has 0 saturated carbocycles. The van der Waals surface area contributed by atoms with E-state index in [0.717, 1.165) is 56.1 Å². The first-order valence-electron chi connectivity index (χ1n) is 8.78. The molecule has 2 unspecified atom stereocenters. The molecule has 0 aromatic heterocycles. The third-order valence-electron chi connectivity index (χ3n) is 5.62. The van der Waals surface area contributed by atoms with Gasteiger partial charge in [-0.3, -0.25) is 0 Å². The summed E-state index contributed by atoms with van der Waals surface area (Å²) >= 11 is 6.44. The second kappa shape index (κ2) is 7.61. The molecule has 0 amide bonds. The molecule has 2 atom stereocenters. The lowest BCUT2D eigenvalue weighted by molar-refractivity contribution is -0.174. The van der Waals surface area contributed by atoms with E-state index in [2.05, 4.69) is 24.0 Å². The van der Waals surface area contributed by atoms with Crippen molar-refractivity contribution in [2.45, 2.75) is 50.4 Å². The zero-order chi connectivity index (χ0) is 17.2. The van der Waals surface area contributed by atoms with Gasteiger partial charge in [0.15, 0.2) is 0 Å². The normalized spacial score (nSPS) is 27.2. The minimum absolute atomic E-state index is 0.108. The minimum Gasteiger partial charge on any atom is -0.381 e. The van der Waals surface area contributed by atoms with E-state index in [1.54, 1.807) is 7.11 Å². The Morgan fingerprint density at radius 2 is 2.00 bits per heavy atom. The first-order valence-corrected chi connectivity index (χ1v) is 9.16. The van der Waals surface area contributed by atoms with Crippen molar-refractivity contribution < 1.29 is 14.2 Å². The lowest BCUT2D eigenvalue weighted by Crippen LogP contribution is -2.56. The molecule has 0 radical (unpaired) electrons. The first kappa shape index (κ1) is 18.0. The van der Waals surface area contributed by atoms with Crippen LogP contribution in [-0.2, 0) is 14.2 Å². The Balaban J connectivity index is 1.69. The maximum absolute atomic E-state index is 6.44. The fourth-order valence-corrected chi connectivity index (χ4v) is 4.35. The number of rotatable bonds is 4. The number of aryl methyl sites for hydroxylation is 1. The molecular weight excluding hydrogens is 326 g/mol. The van der Waals surface area contributed by atoms with Crippen LogP contribution in [0.5, 0.6) is 0 Å². The standard InChI is InChI=1S/C19H28ClNO3/c1-14-4-5-17(16(20)12-14)21-9-7-19(23-3,8-10-21)18-13-15(22-2)6-11-24-18/h4-5,12,15,18H,6-11,13H2,1-3H3. The number of benzene rings is 1. The predicted molar refractivity (Wildman–Crippen MR) is 97.1 cm³/mol. The van der Waals surface area contributed by atoms with Crippen molar-refractivity contribution in [1.82, 2.24) is 0 Å². The summed E-state index contributed by atoms with van der Waals surface area (Å²) in [4.78, 5) is 2.36. The number of halogens is 1. The van der Waals surface area contributed by atoms with Crippen LogP contribution in [0.1, 0.15) is 31.2 Å². The van der Waals surface area contributed by atoms with Crippen LogP contribution in [0.4, 0.5) is 5.69 Å². The van der Waals surface area contributed by atoms with Gasteiger partial charge < -0.3 is 19.1 Å². The molecule has 5 heteroatoms. The Hall–Kier alpha value is -0.810. The summed E-state index contributed by atoms with van der Waals surface area (Å²) in [6.07, 6.45) is 4.15. The van der Waals surface area contributed by atoms with E-state index in [0.29, 0.717) is 0 Å². The van der Waals surface area contributed by atoms with Gasteiger partial charge in [0, 0.05) is 40.3 Å². The molecule has 1 aromatic carbocycles. The van der Waals surface area contributed by atoms with Crippen molar-refractivity contribution in [3.05, 3.63) is 28.8 Å². The van der Waals surface area contributed by atoms with Crippen molar-refractivity contribution in [1.29, 1.82) is 0 Å². The molecule has 2 aliphatic rings. The Morgan fingerprint density at radius 3 is 2.62 bits per heavy atom. The maximum atomic E-state index is 6.44. The first-order chi connectivity index (χ1) is 11.6. The van der Waals surface area contributed by atoms with Crippen LogP contribution in [0.3, 0.4) is 0 Å². The predicted octanol–water partition coefficient (Wildman–Crippen LogP) is 3.83. The Bertz CT molecular complexity index is 558. The Morgan fingerprint density at radius 1 is 1.25 bits per heavy atom. The van der Waals surface area contributed by atoms with Gasteiger partial charge in [0.25, 0.3) is 0 Å². The summed E-state index contributed by atoms with van der Waals surface area (Å²) in [6.45, 7) is 4.67. The number of hydrogen-bond acceptors (Lipinski definition) is 4. The van der Waals surface area contributed by atoms with Gasteiger partial charge in [0.2, 0.25) is 0 Å². The lowest BCUT2D eigenvalue weighted by Gasteiger charge is -2.48. The van der Waals surface area contributed by atoms with Gasteiger partial charge in [0.05, 0.1) is 28.5 Å². The average Bonchev–Trinajstić information content (AvgIpc) is 2.62. The van der Waals surface area contributed by atoms with E-state index < -0.39 is 0 Å². The highest BCUT2D eigenvalue weighted by molar-refractivity contribution is 6.33. The maximum Gasteiger partial charge on any atom is 0.0973 e. The summed E-state index contributed by atoms with van der Waals surface area (Å²) in [5, 5.41) is 0.827. The monoisotopic (exact) mass is 353 g/mol. The number of methoxy groups -OCH3 is 2. The SMILES string of the molecule is COC1CCOC(C2(OC)CCN(c3ccc(C)cc3Cl)CC2)C1. The average molecular weight is 354 g/mol. The fraction of sp³-hybridized carbons (Fsp3) is 0.684. The number of piperidine rings is 1. The summed E-state index contributed by atoms with van der Waals surface area (Å²) < 4.78 is 17.6. The van der Waals surface area contributed by atoms with Crippen molar-refractivity contribution in [2.75, 3.05) is 38.8 Å². The third kappa shape index (κ3) is 3.57. The van der Waals surface area contributed by atoms with E-state index in [9.17, 15) is 0 Å². The second-order valence-corrected chi connectivity index (χ2v) is 7.36. The van der Waals surface area contributed by atoms with Crippen LogP contribution >= 0.6 is 11.6 Å². The smallest absolute Gasteiger partial charge is 0.0973 e. The van der Waals surface area contributed by atoms with Crippen molar-refractivity contribution in [2.24, 2.45) is 0 Å². The van der Waals surface area contributed by atoms with Gasteiger partial charge in [-0.15, -0.1) is 0 Å². The molecule has 0 spiro atoms. The molecule has 1 aromatic rings. The summed E-state index contributed by atoms with van der Waals surface area (Å²) in [5.74, 6) is 0. The Labute approximate surface area is 150 Å². The zero-order valence-electron chi connectivity index (χ0n) is 14.9. The van der Waals surface area contributed by atoms with Crippen LogP contribution in [-0.4, -0.2) is 51.7 Å². The van der Waals surface area contributed by atoms with Crippen LogP contribution in [0.2, 0.25) is 5.02 Å². The molecule has 2 fully saturated rings. The summed E-state index contributed by atoms with van der Waals surface area (Å²) in [7, 11) is 3.60. The van der Waals surface area contributed by atoms with Gasteiger partial charge >= 0.3 is 0 Å². The zero-order valence-corrected chi connectivity index (χ0v) is 15.6. The van der Waals surface area contributed by atoms with Gasteiger partial charge in [-0.2, -0.15) is 0 Å². The topological polar surface area (TPSA) is 30.9 Å². The number of hydrogen-bond donors (Lipinski definition) is 0. The van der Waals surface area contributed by atoms with E-state index in [1.807, 2.05) is 13.2 Å². The molecule has 2 heterocycles. The fourth-order valence-electron chi connectivity index (χ4n) is 4.00. The molecule has 0 bridgehead atoms. The van der Waals surface area contributed by atoms with Crippen molar-refractivity contribution in [3.63, 3.8) is 0 Å². The van der Waals surface area contributed by atoms with E-state index in [1.165, 1.54) is 5.56 Å². The largest absolute Gasteiger partial charge is 0.381 e. The van der Waals surface area contributed by atoms with Gasteiger partial charge in [0.1, 0.15) is 0 Å². The highest BCUT2D eigenvalue weighted by Gasteiger charge is 2.45. The molecule has 0 aliphatic carbocycles. The molecule has 0 N–H and O–H groups in total. The van der Waals surface area contributed by atoms with Gasteiger partial charge in [-0.1, -0.05) is 17.7 Å². The molecule has 3 rings (SSSR count). The van der Waals surface area contributed by atoms with Crippen LogP contribution < -0.4 is 4.90 Å². The molecule has 4 nitrogen and oxygen atoms in total.